The van der Waals surface area contributed by atoms with Crippen molar-refractivity contribution < 1.29 is 4.79 Å². The van der Waals surface area contributed by atoms with E-state index in [1.165, 1.54) is 0 Å². The quantitative estimate of drug-likeness (QED) is 0.651. The molecule has 0 radical (unpaired) electrons. The Morgan fingerprint density at radius 1 is 1.11 bits per heavy atom. The molecule has 0 unspecified atom stereocenters. The standard InChI is InChI=1S/C20H20N6O/c27-19(16-4-8-18(9-5-16)26-13-1-10-24-26)23-14-15-2-6-17(7-3-15)25-20-21-11-12-22-20/h1-10,13H,11-12,14H2,(H,23,27)(H2,21,22,25). The lowest BCUT2D eigenvalue weighted by Crippen LogP contribution is -2.26. The van der Waals surface area contributed by atoms with Gasteiger partial charge in [0.25, 0.3) is 5.91 Å². The molecule has 0 fully saturated rings. The third kappa shape index (κ3) is 4.14. The van der Waals surface area contributed by atoms with Crippen molar-refractivity contribution in [2.75, 3.05) is 18.4 Å². The minimum Gasteiger partial charge on any atom is -0.354 e. The number of hydrogen-bond acceptors (Lipinski definition) is 5. The highest BCUT2D eigenvalue weighted by molar-refractivity contribution is 5.95. The van der Waals surface area contributed by atoms with Gasteiger partial charge >= 0.3 is 0 Å². The number of aromatic nitrogens is 2. The average Bonchev–Trinajstić information content (AvgIpc) is 3.42. The Balaban J connectivity index is 1.32. The molecule has 4 rings (SSSR count). The van der Waals surface area contributed by atoms with E-state index in [4.69, 9.17) is 0 Å². The average molecular weight is 360 g/mol. The van der Waals surface area contributed by atoms with Crippen molar-refractivity contribution in [1.82, 2.24) is 20.4 Å². The molecule has 1 aliphatic heterocycles. The number of nitrogens with one attached hydrogen (secondary N) is 3. The topological polar surface area (TPSA) is 83.3 Å². The number of guanidine groups is 1. The highest BCUT2D eigenvalue weighted by Crippen LogP contribution is 2.11. The summed E-state index contributed by atoms with van der Waals surface area (Å²) in [4.78, 5) is 16.6. The maximum Gasteiger partial charge on any atom is 0.251 e. The molecule has 0 saturated carbocycles. The summed E-state index contributed by atoms with van der Waals surface area (Å²) >= 11 is 0. The molecule has 27 heavy (non-hydrogen) atoms. The molecule has 3 N–H and O–H groups in total. The second kappa shape index (κ2) is 7.74. The molecular weight excluding hydrogens is 340 g/mol. The monoisotopic (exact) mass is 360 g/mol. The molecule has 3 aromatic rings. The Morgan fingerprint density at radius 3 is 2.59 bits per heavy atom. The Hall–Kier alpha value is -3.61. The first-order valence-corrected chi connectivity index (χ1v) is 8.80. The van der Waals surface area contributed by atoms with Gasteiger partial charge < -0.3 is 16.0 Å². The van der Waals surface area contributed by atoms with E-state index in [1.807, 2.05) is 48.7 Å². The van der Waals surface area contributed by atoms with Gasteiger partial charge in [-0.1, -0.05) is 12.1 Å². The van der Waals surface area contributed by atoms with Crippen molar-refractivity contribution in [3.8, 4) is 5.69 Å². The summed E-state index contributed by atoms with van der Waals surface area (Å²) < 4.78 is 1.75. The number of amides is 1. The zero-order valence-electron chi connectivity index (χ0n) is 14.7. The van der Waals surface area contributed by atoms with E-state index < -0.39 is 0 Å². The summed E-state index contributed by atoms with van der Waals surface area (Å²) in [7, 11) is 0. The van der Waals surface area contributed by atoms with Crippen molar-refractivity contribution >= 4 is 17.6 Å². The number of carbonyl (C=O) groups is 1. The molecule has 7 nitrogen and oxygen atoms in total. The van der Waals surface area contributed by atoms with Crippen molar-refractivity contribution in [2.45, 2.75) is 6.54 Å². The first kappa shape index (κ1) is 16.8. The van der Waals surface area contributed by atoms with E-state index >= 15 is 0 Å². The third-order valence-corrected chi connectivity index (χ3v) is 4.24. The number of nitrogens with zero attached hydrogens (tertiary/aromatic N) is 3. The lowest BCUT2D eigenvalue weighted by Gasteiger charge is -2.09. The van der Waals surface area contributed by atoms with Gasteiger partial charge in [0.1, 0.15) is 0 Å². The molecular formula is C20H20N6O. The van der Waals surface area contributed by atoms with E-state index in [1.54, 1.807) is 23.0 Å². The van der Waals surface area contributed by atoms with Gasteiger partial charge in [-0.2, -0.15) is 5.10 Å². The first-order chi connectivity index (χ1) is 13.3. The summed E-state index contributed by atoms with van der Waals surface area (Å²) in [6.45, 7) is 2.14. The molecule has 0 saturated heterocycles. The number of rotatable bonds is 5. The van der Waals surface area contributed by atoms with Gasteiger partial charge in [-0.25, -0.2) is 4.68 Å². The van der Waals surface area contributed by atoms with E-state index in [0.29, 0.717) is 12.1 Å². The highest BCUT2D eigenvalue weighted by Gasteiger charge is 2.07. The van der Waals surface area contributed by atoms with Crippen LogP contribution >= 0.6 is 0 Å². The summed E-state index contributed by atoms with van der Waals surface area (Å²) in [6.07, 6.45) is 3.59. The van der Waals surface area contributed by atoms with Gasteiger partial charge in [0.15, 0.2) is 5.96 Å². The van der Waals surface area contributed by atoms with Crippen LogP contribution in [0.25, 0.3) is 5.69 Å². The second-order valence-corrected chi connectivity index (χ2v) is 6.16. The van der Waals surface area contributed by atoms with Gasteiger partial charge in [-0.3, -0.25) is 9.79 Å². The molecule has 0 aliphatic carbocycles. The molecule has 0 spiro atoms. The summed E-state index contributed by atoms with van der Waals surface area (Å²) in [5, 5.41) is 13.5. The normalized spacial score (nSPS) is 13.0. The van der Waals surface area contributed by atoms with Crippen LogP contribution in [0.2, 0.25) is 0 Å². The fraction of sp³-hybridized carbons (Fsp3) is 0.150. The number of aliphatic imine (C=N–C) groups is 1. The predicted octanol–water partition coefficient (Wildman–Crippen LogP) is 2.17. The number of anilines is 1. The lowest BCUT2D eigenvalue weighted by molar-refractivity contribution is 0.0951. The van der Waals surface area contributed by atoms with Crippen LogP contribution in [0.15, 0.2) is 72.0 Å². The number of hydrogen-bond donors (Lipinski definition) is 3. The van der Waals surface area contributed by atoms with E-state index in [0.717, 1.165) is 36.0 Å². The van der Waals surface area contributed by atoms with Crippen LogP contribution in [-0.4, -0.2) is 34.7 Å². The summed E-state index contributed by atoms with van der Waals surface area (Å²) in [5.41, 5.74) is 3.53. The maximum atomic E-state index is 12.3. The molecule has 7 heteroatoms. The molecule has 0 bridgehead atoms. The fourth-order valence-electron chi connectivity index (χ4n) is 2.80. The van der Waals surface area contributed by atoms with Gasteiger partial charge in [0.05, 0.1) is 12.2 Å². The van der Waals surface area contributed by atoms with Crippen molar-refractivity contribution in [3.05, 3.63) is 78.1 Å². The SMILES string of the molecule is O=C(NCc1ccc(NC2=NCCN2)cc1)c1ccc(-n2cccn2)cc1. The van der Waals surface area contributed by atoms with Crippen LogP contribution in [0, 0.1) is 0 Å². The molecule has 1 aliphatic rings. The van der Waals surface area contributed by atoms with E-state index in [-0.39, 0.29) is 5.91 Å². The van der Waals surface area contributed by atoms with E-state index in [9.17, 15) is 4.79 Å². The molecule has 1 amide bonds. The Morgan fingerprint density at radius 2 is 1.93 bits per heavy atom. The number of carbonyl (C=O) groups excluding carboxylic acids is 1. The zero-order valence-corrected chi connectivity index (χ0v) is 14.7. The third-order valence-electron chi connectivity index (χ3n) is 4.24. The predicted molar refractivity (Wildman–Crippen MR) is 105 cm³/mol. The van der Waals surface area contributed by atoms with Gasteiger partial charge in [0.2, 0.25) is 0 Å². The lowest BCUT2D eigenvalue weighted by atomic mass is 10.1. The Labute approximate surface area is 157 Å². The zero-order chi connectivity index (χ0) is 18.5. The largest absolute Gasteiger partial charge is 0.354 e. The van der Waals surface area contributed by atoms with Crippen LogP contribution in [0.4, 0.5) is 5.69 Å². The van der Waals surface area contributed by atoms with E-state index in [2.05, 4.69) is 26.0 Å². The second-order valence-electron chi connectivity index (χ2n) is 6.16. The van der Waals surface area contributed by atoms with Crippen LogP contribution < -0.4 is 16.0 Å². The van der Waals surface area contributed by atoms with Gasteiger partial charge in [-0.05, 0) is 48.0 Å². The first-order valence-electron chi connectivity index (χ1n) is 8.80. The molecule has 0 atom stereocenters. The maximum absolute atomic E-state index is 12.3. The van der Waals surface area contributed by atoms with Crippen molar-refractivity contribution in [1.29, 1.82) is 0 Å². The molecule has 2 heterocycles. The highest BCUT2D eigenvalue weighted by atomic mass is 16.1. The molecule has 136 valence electrons. The fourth-order valence-corrected chi connectivity index (χ4v) is 2.80. The van der Waals surface area contributed by atoms with Crippen LogP contribution in [0.5, 0.6) is 0 Å². The Bertz CT molecular complexity index is 930. The minimum absolute atomic E-state index is 0.103. The smallest absolute Gasteiger partial charge is 0.251 e. The minimum atomic E-state index is -0.103. The van der Waals surface area contributed by atoms with Crippen molar-refractivity contribution in [3.63, 3.8) is 0 Å². The molecule has 2 aromatic carbocycles. The summed E-state index contributed by atoms with van der Waals surface area (Å²) in [6, 6.07) is 17.1. The van der Waals surface area contributed by atoms with Gasteiger partial charge in [0, 0.05) is 36.7 Å². The van der Waals surface area contributed by atoms with Crippen LogP contribution in [0.3, 0.4) is 0 Å². The Kier molecular flexibility index (Phi) is 4.82. The van der Waals surface area contributed by atoms with Crippen molar-refractivity contribution in [2.24, 2.45) is 4.99 Å². The number of benzene rings is 2. The van der Waals surface area contributed by atoms with Crippen LogP contribution in [0.1, 0.15) is 15.9 Å². The summed E-state index contributed by atoms with van der Waals surface area (Å²) in [5.74, 6) is 0.698. The molecule has 1 aromatic heterocycles. The van der Waals surface area contributed by atoms with Gasteiger partial charge in [-0.15, -0.1) is 0 Å². The van der Waals surface area contributed by atoms with Crippen LogP contribution in [-0.2, 0) is 6.54 Å².